The summed E-state index contributed by atoms with van der Waals surface area (Å²) in [5.74, 6) is 0. The van der Waals surface area contributed by atoms with Crippen molar-refractivity contribution in [2.75, 3.05) is 13.7 Å². The molecule has 14 heavy (non-hydrogen) atoms. The van der Waals surface area contributed by atoms with Crippen LogP contribution in [0.4, 0.5) is 0 Å². The Labute approximate surface area is 86.1 Å². The highest BCUT2D eigenvalue weighted by Crippen LogP contribution is 2.18. The van der Waals surface area contributed by atoms with Gasteiger partial charge in [-0.2, -0.15) is 0 Å². The van der Waals surface area contributed by atoms with Crippen molar-refractivity contribution >= 4 is 0 Å². The Morgan fingerprint density at radius 2 is 2.14 bits per heavy atom. The zero-order valence-corrected chi connectivity index (χ0v) is 9.21. The molecule has 0 aliphatic heterocycles. The highest BCUT2D eigenvalue weighted by Gasteiger charge is 2.09. The Morgan fingerprint density at radius 1 is 1.43 bits per heavy atom. The van der Waals surface area contributed by atoms with Gasteiger partial charge < -0.3 is 10.5 Å². The van der Waals surface area contributed by atoms with Crippen LogP contribution in [0, 0.1) is 6.92 Å². The minimum Gasteiger partial charge on any atom is -0.383 e. The molecule has 1 rings (SSSR count). The summed E-state index contributed by atoms with van der Waals surface area (Å²) in [5, 5.41) is 0. The largest absolute Gasteiger partial charge is 0.383 e. The molecule has 0 unspecified atom stereocenters. The molecule has 0 heterocycles. The van der Waals surface area contributed by atoms with Crippen molar-refractivity contribution in [2.45, 2.75) is 26.3 Å². The highest BCUT2D eigenvalue weighted by atomic mass is 16.5. The van der Waals surface area contributed by atoms with Crippen LogP contribution in [-0.2, 0) is 11.2 Å². The van der Waals surface area contributed by atoms with Gasteiger partial charge in [0.2, 0.25) is 0 Å². The summed E-state index contributed by atoms with van der Waals surface area (Å²) in [6.07, 6.45) is 1.02. The molecule has 2 heteroatoms. The molecule has 78 valence electrons. The molecule has 1 aromatic rings. The van der Waals surface area contributed by atoms with Crippen LogP contribution >= 0.6 is 0 Å². The summed E-state index contributed by atoms with van der Waals surface area (Å²) < 4.78 is 5.07. The van der Waals surface area contributed by atoms with Gasteiger partial charge in [-0.1, -0.05) is 30.7 Å². The Balaban J connectivity index is 2.97. The molecular formula is C12H19NO. The van der Waals surface area contributed by atoms with Crippen LogP contribution in [0.3, 0.4) is 0 Å². The molecule has 0 aromatic heterocycles. The van der Waals surface area contributed by atoms with E-state index in [-0.39, 0.29) is 6.04 Å². The maximum Gasteiger partial charge on any atom is 0.0655 e. The third-order valence-corrected chi connectivity index (χ3v) is 2.43. The lowest BCUT2D eigenvalue weighted by Gasteiger charge is -2.15. The fraction of sp³-hybridized carbons (Fsp3) is 0.500. The summed E-state index contributed by atoms with van der Waals surface area (Å²) in [4.78, 5) is 0. The van der Waals surface area contributed by atoms with Crippen molar-refractivity contribution in [3.63, 3.8) is 0 Å². The molecule has 2 nitrogen and oxygen atoms in total. The van der Waals surface area contributed by atoms with E-state index < -0.39 is 0 Å². The smallest absolute Gasteiger partial charge is 0.0655 e. The fourth-order valence-electron chi connectivity index (χ4n) is 1.65. The maximum atomic E-state index is 6.03. The molecule has 0 aliphatic carbocycles. The molecule has 0 bridgehead atoms. The average molecular weight is 193 g/mol. The lowest BCUT2D eigenvalue weighted by molar-refractivity contribution is 0.180. The number of methoxy groups -OCH3 is 1. The van der Waals surface area contributed by atoms with Crippen LogP contribution in [0.1, 0.15) is 29.7 Å². The van der Waals surface area contributed by atoms with Gasteiger partial charge >= 0.3 is 0 Å². The number of aryl methyl sites for hydroxylation is 2. The van der Waals surface area contributed by atoms with E-state index in [9.17, 15) is 0 Å². The van der Waals surface area contributed by atoms with Crippen molar-refractivity contribution in [1.29, 1.82) is 0 Å². The second-order valence-corrected chi connectivity index (χ2v) is 3.62. The molecule has 0 aliphatic rings. The van der Waals surface area contributed by atoms with Crippen LogP contribution in [0.2, 0.25) is 0 Å². The van der Waals surface area contributed by atoms with Gasteiger partial charge in [-0.05, 0) is 24.5 Å². The van der Waals surface area contributed by atoms with E-state index in [1.54, 1.807) is 7.11 Å². The standard InChI is InChI=1S/C12H19NO/c1-4-10-6-5-9(2)7-11(10)12(13)8-14-3/h5-7,12H,4,8,13H2,1-3H3/t12-/m1/s1. The van der Waals surface area contributed by atoms with Gasteiger partial charge in [0, 0.05) is 7.11 Å². The number of hydrogen-bond donors (Lipinski definition) is 1. The lowest BCUT2D eigenvalue weighted by atomic mass is 9.97. The fourth-order valence-corrected chi connectivity index (χ4v) is 1.65. The first kappa shape index (κ1) is 11.2. The monoisotopic (exact) mass is 193 g/mol. The van der Waals surface area contributed by atoms with Crippen LogP contribution in [0.5, 0.6) is 0 Å². The molecule has 1 aromatic carbocycles. The number of hydrogen-bond acceptors (Lipinski definition) is 2. The van der Waals surface area contributed by atoms with Crippen molar-refractivity contribution in [2.24, 2.45) is 5.73 Å². The van der Waals surface area contributed by atoms with Crippen LogP contribution in [-0.4, -0.2) is 13.7 Å². The molecule has 0 fully saturated rings. The minimum atomic E-state index is -0.00477. The lowest BCUT2D eigenvalue weighted by Crippen LogP contribution is -2.18. The van der Waals surface area contributed by atoms with E-state index in [0.29, 0.717) is 6.61 Å². The predicted octanol–water partition coefficient (Wildman–Crippen LogP) is 2.20. The Hall–Kier alpha value is -0.860. The number of rotatable bonds is 4. The molecular weight excluding hydrogens is 174 g/mol. The quantitative estimate of drug-likeness (QED) is 0.795. The molecule has 1 atom stereocenters. The van der Waals surface area contributed by atoms with Crippen LogP contribution in [0.15, 0.2) is 18.2 Å². The predicted molar refractivity (Wildman–Crippen MR) is 59.4 cm³/mol. The molecule has 2 N–H and O–H groups in total. The van der Waals surface area contributed by atoms with E-state index in [0.717, 1.165) is 6.42 Å². The van der Waals surface area contributed by atoms with Crippen molar-refractivity contribution in [3.8, 4) is 0 Å². The Morgan fingerprint density at radius 3 is 2.71 bits per heavy atom. The van der Waals surface area contributed by atoms with Crippen molar-refractivity contribution in [1.82, 2.24) is 0 Å². The van der Waals surface area contributed by atoms with Gasteiger partial charge in [-0.25, -0.2) is 0 Å². The van der Waals surface area contributed by atoms with Crippen molar-refractivity contribution < 1.29 is 4.74 Å². The van der Waals surface area contributed by atoms with E-state index >= 15 is 0 Å². The van der Waals surface area contributed by atoms with Gasteiger partial charge in [-0.3, -0.25) is 0 Å². The second-order valence-electron chi connectivity index (χ2n) is 3.62. The van der Waals surface area contributed by atoms with E-state index in [1.807, 2.05) is 0 Å². The van der Waals surface area contributed by atoms with Gasteiger partial charge in [0.15, 0.2) is 0 Å². The minimum absolute atomic E-state index is 0.00477. The third kappa shape index (κ3) is 2.56. The zero-order valence-electron chi connectivity index (χ0n) is 9.21. The Kier molecular flexibility index (Phi) is 4.11. The zero-order chi connectivity index (χ0) is 10.6. The summed E-state index contributed by atoms with van der Waals surface area (Å²) >= 11 is 0. The normalized spacial score (nSPS) is 12.9. The number of ether oxygens (including phenoxy) is 1. The summed E-state index contributed by atoms with van der Waals surface area (Å²) in [6.45, 7) is 4.81. The van der Waals surface area contributed by atoms with E-state index in [1.165, 1.54) is 16.7 Å². The van der Waals surface area contributed by atoms with Gasteiger partial charge in [-0.15, -0.1) is 0 Å². The van der Waals surface area contributed by atoms with Crippen LogP contribution < -0.4 is 5.73 Å². The Bertz CT molecular complexity index is 296. The number of nitrogens with two attached hydrogens (primary N) is 1. The summed E-state index contributed by atoms with van der Waals surface area (Å²) in [6, 6.07) is 6.43. The molecule has 0 spiro atoms. The van der Waals surface area contributed by atoms with E-state index in [4.69, 9.17) is 10.5 Å². The van der Waals surface area contributed by atoms with Crippen molar-refractivity contribution in [3.05, 3.63) is 34.9 Å². The van der Waals surface area contributed by atoms with E-state index in [2.05, 4.69) is 32.0 Å². The molecule has 0 amide bonds. The molecule has 0 saturated carbocycles. The molecule has 0 saturated heterocycles. The van der Waals surface area contributed by atoms with Crippen LogP contribution in [0.25, 0.3) is 0 Å². The van der Waals surface area contributed by atoms with Gasteiger partial charge in [0.05, 0.1) is 12.6 Å². The van der Waals surface area contributed by atoms with Gasteiger partial charge in [0.25, 0.3) is 0 Å². The topological polar surface area (TPSA) is 35.2 Å². The SMILES string of the molecule is CCc1ccc(C)cc1[C@H](N)COC. The first-order chi connectivity index (χ1) is 6.69. The second kappa shape index (κ2) is 5.13. The van der Waals surface area contributed by atoms with Gasteiger partial charge in [0.1, 0.15) is 0 Å². The third-order valence-electron chi connectivity index (χ3n) is 2.43. The first-order valence-corrected chi connectivity index (χ1v) is 5.03. The number of benzene rings is 1. The summed E-state index contributed by atoms with van der Waals surface area (Å²) in [5.41, 5.74) is 9.82. The maximum absolute atomic E-state index is 6.03. The molecule has 0 radical (unpaired) electrons. The average Bonchev–Trinajstić information content (AvgIpc) is 2.18. The summed E-state index contributed by atoms with van der Waals surface area (Å²) in [7, 11) is 1.68. The highest BCUT2D eigenvalue weighted by molar-refractivity contribution is 5.33. The first-order valence-electron chi connectivity index (χ1n) is 5.03.